The second-order valence-corrected chi connectivity index (χ2v) is 5.59. The lowest BCUT2D eigenvalue weighted by atomic mass is 9.96. The van der Waals surface area contributed by atoms with E-state index >= 15 is 0 Å². The predicted octanol–water partition coefficient (Wildman–Crippen LogP) is 2.16. The highest BCUT2D eigenvalue weighted by Crippen LogP contribution is 2.18. The Kier molecular flexibility index (Phi) is 5.01. The summed E-state index contributed by atoms with van der Waals surface area (Å²) in [4.78, 5) is 14.5. The van der Waals surface area contributed by atoms with Gasteiger partial charge < -0.3 is 15.3 Å². The third kappa shape index (κ3) is 3.73. The van der Waals surface area contributed by atoms with Crippen molar-refractivity contribution >= 4 is 5.91 Å². The second kappa shape index (κ2) is 6.75. The van der Waals surface area contributed by atoms with Gasteiger partial charge in [-0.05, 0) is 69.1 Å². The summed E-state index contributed by atoms with van der Waals surface area (Å²) in [6, 6.07) is 4.96. The van der Waals surface area contributed by atoms with Gasteiger partial charge in [-0.2, -0.15) is 0 Å². The summed E-state index contributed by atoms with van der Waals surface area (Å²) in [6.07, 6.45) is 2.31. The van der Waals surface area contributed by atoms with Crippen LogP contribution in [0.5, 0.6) is 5.75 Å². The van der Waals surface area contributed by atoms with Gasteiger partial charge in [-0.3, -0.25) is 4.79 Å². The lowest BCUT2D eigenvalue weighted by molar-refractivity contribution is 0.0937. The van der Waals surface area contributed by atoms with Crippen LogP contribution in [0, 0.1) is 12.8 Å². The van der Waals surface area contributed by atoms with Gasteiger partial charge in [0.15, 0.2) is 0 Å². The predicted molar refractivity (Wildman–Crippen MR) is 80.0 cm³/mol. The van der Waals surface area contributed by atoms with Gasteiger partial charge in [0.05, 0.1) is 0 Å². The van der Waals surface area contributed by atoms with Gasteiger partial charge in [0.1, 0.15) is 5.75 Å². The minimum absolute atomic E-state index is 0.0500. The summed E-state index contributed by atoms with van der Waals surface area (Å²) in [5.74, 6) is 0.763. The van der Waals surface area contributed by atoms with E-state index in [4.69, 9.17) is 0 Å². The molecule has 0 saturated carbocycles. The fraction of sp³-hybridized carbons (Fsp3) is 0.562. The van der Waals surface area contributed by atoms with Crippen LogP contribution >= 0.6 is 0 Å². The first kappa shape index (κ1) is 14.9. The first-order chi connectivity index (χ1) is 9.60. The zero-order valence-electron chi connectivity index (χ0n) is 12.4. The molecule has 0 bridgehead atoms. The lowest BCUT2D eigenvalue weighted by Gasteiger charge is -2.31. The molecule has 0 spiro atoms. The van der Waals surface area contributed by atoms with E-state index in [1.54, 1.807) is 25.1 Å². The van der Waals surface area contributed by atoms with Crippen LogP contribution in [-0.2, 0) is 0 Å². The van der Waals surface area contributed by atoms with Crippen molar-refractivity contribution < 1.29 is 9.90 Å². The molecule has 0 radical (unpaired) electrons. The van der Waals surface area contributed by atoms with E-state index in [0.29, 0.717) is 11.5 Å². The van der Waals surface area contributed by atoms with Crippen molar-refractivity contribution in [2.75, 3.05) is 26.2 Å². The Balaban J connectivity index is 1.82. The number of hydrogen-bond donors (Lipinski definition) is 2. The molecule has 0 atom stereocenters. The van der Waals surface area contributed by atoms with E-state index in [1.165, 1.54) is 0 Å². The SMILES string of the molecule is CCN1CCC(CNC(=O)c2ccc(O)c(C)c2)CC1. The molecule has 1 heterocycles. The summed E-state index contributed by atoms with van der Waals surface area (Å²) in [5, 5.41) is 12.5. The van der Waals surface area contributed by atoms with Crippen molar-refractivity contribution in [2.24, 2.45) is 5.92 Å². The van der Waals surface area contributed by atoms with Gasteiger partial charge in [-0.25, -0.2) is 0 Å². The van der Waals surface area contributed by atoms with E-state index in [-0.39, 0.29) is 11.7 Å². The van der Waals surface area contributed by atoms with Crippen LogP contribution in [0.25, 0.3) is 0 Å². The van der Waals surface area contributed by atoms with Crippen LogP contribution in [-0.4, -0.2) is 42.1 Å². The van der Waals surface area contributed by atoms with E-state index in [2.05, 4.69) is 17.1 Å². The molecule has 1 amide bonds. The van der Waals surface area contributed by atoms with Gasteiger partial charge in [0, 0.05) is 12.1 Å². The number of hydrogen-bond acceptors (Lipinski definition) is 3. The first-order valence-electron chi connectivity index (χ1n) is 7.40. The molecule has 2 N–H and O–H groups in total. The fourth-order valence-electron chi connectivity index (χ4n) is 2.64. The zero-order valence-corrected chi connectivity index (χ0v) is 12.4. The van der Waals surface area contributed by atoms with Crippen LogP contribution in [0.1, 0.15) is 35.7 Å². The lowest BCUT2D eigenvalue weighted by Crippen LogP contribution is -2.38. The molecule has 4 nitrogen and oxygen atoms in total. The van der Waals surface area contributed by atoms with Crippen molar-refractivity contribution in [1.82, 2.24) is 10.2 Å². The van der Waals surface area contributed by atoms with Crippen molar-refractivity contribution in [3.05, 3.63) is 29.3 Å². The molecule has 1 aromatic carbocycles. The highest BCUT2D eigenvalue weighted by molar-refractivity contribution is 5.94. The molecule has 110 valence electrons. The Bertz CT molecular complexity index is 466. The average Bonchev–Trinajstić information content (AvgIpc) is 2.48. The molecule has 1 aliphatic rings. The number of nitrogens with zero attached hydrogens (tertiary/aromatic N) is 1. The maximum Gasteiger partial charge on any atom is 0.251 e. The molecular weight excluding hydrogens is 252 g/mol. The molecule has 2 rings (SSSR count). The van der Waals surface area contributed by atoms with Crippen molar-refractivity contribution in [3.63, 3.8) is 0 Å². The van der Waals surface area contributed by atoms with Crippen LogP contribution in [0.15, 0.2) is 18.2 Å². The number of carbonyl (C=O) groups excluding carboxylic acids is 1. The number of likely N-dealkylation sites (tertiary alicyclic amines) is 1. The van der Waals surface area contributed by atoms with Gasteiger partial charge in [0.2, 0.25) is 0 Å². The maximum atomic E-state index is 12.1. The minimum Gasteiger partial charge on any atom is -0.508 e. The molecule has 1 fully saturated rings. The molecule has 4 heteroatoms. The van der Waals surface area contributed by atoms with Crippen LogP contribution in [0.2, 0.25) is 0 Å². The summed E-state index contributed by atoms with van der Waals surface area (Å²) in [7, 11) is 0. The van der Waals surface area contributed by atoms with Crippen molar-refractivity contribution in [1.29, 1.82) is 0 Å². The third-order valence-corrected chi connectivity index (χ3v) is 4.16. The van der Waals surface area contributed by atoms with Crippen LogP contribution in [0.3, 0.4) is 0 Å². The number of rotatable bonds is 4. The number of carbonyl (C=O) groups is 1. The molecule has 0 unspecified atom stereocenters. The van der Waals surface area contributed by atoms with Crippen LogP contribution in [0.4, 0.5) is 0 Å². The van der Waals surface area contributed by atoms with Gasteiger partial charge in [-0.15, -0.1) is 0 Å². The topological polar surface area (TPSA) is 52.6 Å². The Morgan fingerprint density at radius 3 is 2.70 bits per heavy atom. The standard InChI is InChI=1S/C16H24N2O2/c1-3-18-8-6-13(7-9-18)11-17-16(20)14-4-5-15(19)12(2)10-14/h4-5,10,13,19H,3,6-9,11H2,1-2H3,(H,17,20). The van der Waals surface area contributed by atoms with Crippen molar-refractivity contribution in [2.45, 2.75) is 26.7 Å². The minimum atomic E-state index is -0.0500. The van der Waals surface area contributed by atoms with Crippen LogP contribution < -0.4 is 5.32 Å². The highest BCUT2D eigenvalue weighted by Gasteiger charge is 2.18. The first-order valence-corrected chi connectivity index (χ1v) is 7.40. The van der Waals surface area contributed by atoms with E-state index in [9.17, 15) is 9.90 Å². The third-order valence-electron chi connectivity index (χ3n) is 4.16. The molecule has 1 aromatic rings. The molecule has 20 heavy (non-hydrogen) atoms. The molecule has 1 saturated heterocycles. The number of aromatic hydroxyl groups is 1. The smallest absolute Gasteiger partial charge is 0.251 e. The monoisotopic (exact) mass is 276 g/mol. The van der Waals surface area contributed by atoms with Crippen molar-refractivity contribution in [3.8, 4) is 5.75 Å². The normalized spacial score (nSPS) is 17.1. The van der Waals surface area contributed by atoms with Gasteiger partial charge in [0.25, 0.3) is 5.91 Å². The molecule has 1 aliphatic heterocycles. The number of phenols is 1. The van der Waals surface area contributed by atoms with E-state index in [1.807, 2.05) is 0 Å². The quantitative estimate of drug-likeness (QED) is 0.886. The largest absolute Gasteiger partial charge is 0.508 e. The highest BCUT2D eigenvalue weighted by atomic mass is 16.3. The van der Waals surface area contributed by atoms with E-state index < -0.39 is 0 Å². The Morgan fingerprint density at radius 2 is 2.10 bits per heavy atom. The zero-order chi connectivity index (χ0) is 14.5. The van der Waals surface area contributed by atoms with Gasteiger partial charge in [-0.1, -0.05) is 6.92 Å². The summed E-state index contributed by atoms with van der Waals surface area (Å²) < 4.78 is 0. The number of aryl methyl sites for hydroxylation is 1. The summed E-state index contributed by atoms with van der Waals surface area (Å²) in [5.41, 5.74) is 1.35. The van der Waals surface area contributed by atoms with E-state index in [0.717, 1.165) is 44.6 Å². The molecule has 0 aromatic heterocycles. The van der Waals surface area contributed by atoms with Gasteiger partial charge >= 0.3 is 0 Å². The average molecular weight is 276 g/mol. The Morgan fingerprint density at radius 1 is 1.40 bits per heavy atom. The second-order valence-electron chi connectivity index (χ2n) is 5.59. The Labute approximate surface area is 120 Å². The number of benzene rings is 1. The molecular formula is C16H24N2O2. The maximum absolute atomic E-state index is 12.1. The Hall–Kier alpha value is -1.55. The molecule has 0 aliphatic carbocycles. The summed E-state index contributed by atoms with van der Waals surface area (Å²) in [6.45, 7) is 8.12. The number of piperidine rings is 1. The number of phenolic OH excluding ortho intramolecular Hbond substituents is 1. The number of nitrogens with one attached hydrogen (secondary N) is 1. The number of amides is 1. The summed E-state index contributed by atoms with van der Waals surface area (Å²) >= 11 is 0. The fourth-order valence-corrected chi connectivity index (χ4v) is 2.64.